The van der Waals surface area contributed by atoms with E-state index in [1.807, 2.05) is 0 Å². The number of amidine groups is 1. The molecule has 51 heavy (non-hydrogen) atoms. The first-order valence-electron chi connectivity index (χ1n) is 18.9. The number of hydrogen-bond donors (Lipinski definition) is 2. The van der Waals surface area contributed by atoms with Crippen LogP contribution in [0.5, 0.6) is 0 Å². The Morgan fingerprint density at radius 3 is 2.22 bits per heavy atom. The second-order valence-electron chi connectivity index (χ2n) is 15.7. The van der Waals surface area contributed by atoms with Crippen molar-refractivity contribution in [1.82, 2.24) is 10.6 Å². The van der Waals surface area contributed by atoms with Crippen LogP contribution in [0.4, 0.5) is 0 Å². The van der Waals surface area contributed by atoms with Crippen molar-refractivity contribution < 1.29 is 9.31 Å². The summed E-state index contributed by atoms with van der Waals surface area (Å²) in [6.07, 6.45) is 35.3. The number of aliphatic imine (C=N–C) groups is 1. The van der Waals surface area contributed by atoms with Crippen LogP contribution in [0, 0.1) is 17.8 Å². The van der Waals surface area contributed by atoms with E-state index in [2.05, 4.69) is 166 Å². The van der Waals surface area contributed by atoms with Gasteiger partial charge in [-0.15, -0.1) is 0 Å². The second-order valence-corrected chi connectivity index (χ2v) is 15.7. The van der Waals surface area contributed by atoms with Crippen molar-refractivity contribution in [3.8, 4) is 11.1 Å². The molecule has 2 aliphatic heterocycles. The fourth-order valence-corrected chi connectivity index (χ4v) is 7.78. The van der Waals surface area contributed by atoms with Crippen LogP contribution in [-0.4, -0.2) is 30.3 Å². The lowest BCUT2D eigenvalue weighted by Crippen LogP contribution is -2.54. The normalized spacial score (nSPS) is 29.3. The SMILES string of the molecule is CC1(C)OB(c2cccc(-c3ccc(C4N=C(C5=CCC(C6=CCCC=C6)C=C5)NC(C5C=CC(C6C=CC=CC6)=CC5)N4)cc3)c2)OC1(C)C. The maximum absolute atomic E-state index is 6.35. The highest BCUT2D eigenvalue weighted by Gasteiger charge is 2.51. The number of nitrogens with zero attached hydrogens (tertiary/aromatic N) is 1. The third-order valence-electron chi connectivity index (χ3n) is 11.7. The van der Waals surface area contributed by atoms with Gasteiger partial charge in [0, 0.05) is 23.3 Å². The molecule has 6 heteroatoms. The van der Waals surface area contributed by atoms with Crippen LogP contribution >= 0.6 is 0 Å². The number of allylic oxidation sites excluding steroid dienone is 13. The quantitative estimate of drug-likeness (QED) is 0.288. The van der Waals surface area contributed by atoms with Crippen LogP contribution in [0.15, 0.2) is 149 Å². The first-order valence-corrected chi connectivity index (χ1v) is 18.9. The molecule has 0 amide bonds. The molecule has 2 N–H and O–H groups in total. The molecule has 2 aromatic rings. The Labute approximate surface area is 304 Å². The molecule has 4 aliphatic carbocycles. The Kier molecular flexibility index (Phi) is 9.35. The monoisotopic (exact) mass is 675 g/mol. The van der Waals surface area contributed by atoms with E-state index in [1.54, 1.807) is 0 Å². The van der Waals surface area contributed by atoms with Crippen LogP contribution in [0.2, 0.25) is 0 Å². The van der Waals surface area contributed by atoms with E-state index >= 15 is 0 Å². The molecule has 2 heterocycles. The standard InChI is InChI=1S/C45H50BN3O2/c1-44(2)45(3,4)51-46(50-44)40-17-11-16-39(30-40)35-22-28-38(29-23-35)43-48-41(36-24-18-33(19-25-36)31-12-7-5-8-13-31)47-42(49-43)37-26-20-34(21-27-37)32-14-9-6-10-15-32/h5,7-9,11-12,14-20,22-24,26-31,34,36,41,43,48H,6,10,13,21,25H2,1-4H3,(H,47,49). The number of nitrogens with one attached hydrogen (secondary N) is 2. The lowest BCUT2D eigenvalue weighted by atomic mass is 9.78. The Bertz CT molecular complexity index is 1910. The maximum Gasteiger partial charge on any atom is 0.494 e. The third-order valence-corrected chi connectivity index (χ3v) is 11.7. The fourth-order valence-electron chi connectivity index (χ4n) is 7.78. The molecular weight excluding hydrogens is 625 g/mol. The molecule has 8 rings (SSSR count). The maximum atomic E-state index is 6.35. The molecular formula is C45H50BN3O2. The van der Waals surface area contributed by atoms with E-state index in [0.717, 1.165) is 60.1 Å². The molecule has 0 saturated carbocycles. The van der Waals surface area contributed by atoms with Crippen molar-refractivity contribution in [1.29, 1.82) is 0 Å². The summed E-state index contributed by atoms with van der Waals surface area (Å²) in [5.41, 5.74) is 7.76. The molecule has 0 radical (unpaired) electrons. The van der Waals surface area contributed by atoms with Gasteiger partial charge in [0.05, 0.1) is 17.4 Å². The van der Waals surface area contributed by atoms with Gasteiger partial charge in [-0.3, -0.25) is 5.32 Å². The van der Waals surface area contributed by atoms with Gasteiger partial charge in [-0.1, -0.05) is 128 Å². The summed E-state index contributed by atoms with van der Waals surface area (Å²) in [6.45, 7) is 8.38. The number of benzene rings is 2. The van der Waals surface area contributed by atoms with Crippen LogP contribution in [0.3, 0.4) is 0 Å². The average Bonchev–Trinajstić information content (AvgIpc) is 3.41. The highest BCUT2D eigenvalue weighted by atomic mass is 16.7. The minimum absolute atomic E-state index is 0.0469. The molecule has 260 valence electrons. The van der Waals surface area contributed by atoms with E-state index in [4.69, 9.17) is 14.3 Å². The Morgan fingerprint density at radius 2 is 1.53 bits per heavy atom. The number of hydrogen-bond acceptors (Lipinski definition) is 5. The van der Waals surface area contributed by atoms with Gasteiger partial charge in [-0.25, -0.2) is 4.99 Å². The predicted molar refractivity (Wildman–Crippen MR) is 211 cm³/mol. The first-order chi connectivity index (χ1) is 24.7. The van der Waals surface area contributed by atoms with Gasteiger partial charge in [0.25, 0.3) is 0 Å². The molecule has 5 unspecified atom stereocenters. The summed E-state index contributed by atoms with van der Waals surface area (Å²) in [7, 11) is -0.386. The van der Waals surface area contributed by atoms with Crippen LogP contribution in [0.25, 0.3) is 11.1 Å². The molecule has 2 aromatic carbocycles. The minimum Gasteiger partial charge on any atom is -0.399 e. The van der Waals surface area contributed by atoms with Crippen molar-refractivity contribution >= 4 is 18.4 Å². The van der Waals surface area contributed by atoms with Crippen molar-refractivity contribution in [3.05, 3.63) is 150 Å². The topological polar surface area (TPSA) is 54.9 Å². The molecule has 0 spiro atoms. The number of rotatable bonds is 7. The largest absolute Gasteiger partial charge is 0.494 e. The van der Waals surface area contributed by atoms with Gasteiger partial charge in [0.2, 0.25) is 0 Å². The van der Waals surface area contributed by atoms with Gasteiger partial charge in [-0.2, -0.15) is 0 Å². The zero-order chi connectivity index (χ0) is 35.0. The minimum atomic E-state index is -0.386. The van der Waals surface area contributed by atoms with Crippen molar-refractivity contribution in [2.75, 3.05) is 0 Å². The molecule has 0 bridgehead atoms. The average molecular weight is 676 g/mol. The van der Waals surface area contributed by atoms with E-state index in [-0.39, 0.29) is 30.7 Å². The zero-order valence-corrected chi connectivity index (χ0v) is 30.4. The zero-order valence-electron chi connectivity index (χ0n) is 30.4. The van der Waals surface area contributed by atoms with E-state index in [1.165, 1.54) is 16.7 Å². The summed E-state index contributed by atoms with van der Waals surface area (Å²) in [5, 5.41) is 7.70. The van der Waals surface area contributed by atoms with E-state index in [0.29, 0.717) is 17.8 Å². The first kappa shape index (κ1) is 33.9. The Balaban J connectivity index is 1.03. The van der Waals surface area contributed by atoms with Crippen molar-refractivity contribution in [2.24, 2.45) is 22.7 Å². The highest BCUT2D eigenvalue weighted by molar-refractivity contribution is 6.62. The van der Waals surface area contributed by atoms with Crippen molar-refractivity contribution in [3.63, 3.8) is 0 Å². The summed E-state index contributed by atoms with van der Waals surface area (Å²) >= 11 is 0. The summed E-state index contributed by atoms with van der Waals surface area (Å²) < 4.78 is 12.7. The van der Waals surface area contributed by atoms with E-state index < -0.39 is 0 Å². The van der Waals surface area contributed by atoms with Gasteiger partial charge in [-0.05, 0) is 93.1 Å². The van der Waals surface area contributed by atoms with Gasteiger partial charge >= 0.3 is 7.12 Å². The van der Waals surface area contributed by atoms with Crippen LogP contribution < -0.4 is 16.1 Å². The lowest BCUT2D eigenvalue weighted by molar-refractivity contribution is 0.00578. The van der Waals surface area contributed by atoms with Gasteiger partial charge in [0.1, 0.15) is 12.0 Å². The summed E-state index contributed by atoms with van der Waals surface area (Å²) in [5.74, 6) is 2.18. The predicted octanol–water partition coefficient (Wildman–Crippen LogP) is 8.98. The molecule has 0 aromatic heterocycles. The fraction of sp³-hybridized carbons (Fsp3) is 0.356. The molecule has 5 atom stereocenters. The lowest BCUT2D eigenvalue weighted by Gasteiger charge is -2.37. The second kappa shape index (κ2) is 14.1. The third kappa shape index (κ3) is 7.15. The van der Waals surface area contributed by atoms with Crippen molar-refractivity contribution in [2.45, 2.75) is 83.3 Å². The molecule has 5 nitrogen and oxygen atoms in total. The van der Waals surface area contributed by atoms with Crippen LogP contribution in [-0.2, 0) is 9.31 Å². The summed E-state index contributed by atoms with van der Waals surface area (Å²) in [6, 6.07) is 17.4. The molecule has 6 aliphatic rings. The molecule has 1 saturated heterocycles. The highest BCUT2D eigenvalue weighted by Crippen LogP contribution is 2.37. The molecule has 1 fully saturated rings. The Morgan fingerprint density at radius 1 is 0.725 bits per heavy atom. The van der Waals surface area contributed by atoms with Gasteiger partial charge in [0.15, 0.2) is 0 Å². The van der Waals surface area contributed by atoms with Crippen LogP contribution in [0.1, 0.15) is 71.5 Å². The summed E-state index contributed by atoms with van der Waals surface area (Å²) in [4.78, 5) is 5.30. The Hall–Kier alpha value is -4.23. The van der Waals surface area contributed by atoms with E-state index in [9.17, 15) is 0 Å². The smallest absolute Gasteiger partial charge is 0.399 e. The van der Waals surface area contributed by atoms with Gasteiger partial charge < -0.3 is 14.6 Å².